The van der Waals surface area contributed by atoms with Crippen LogP contribution in [0.2, 0.25) is 0 Å². The van der Waals surface area contributed by atoms with E-state index >= 15 is 0 Å². The molecule has 0 radical (unpaired) electrons. The highest BCUT2D eigenvalue weighted by atomic mass is 16.5. The van der Waals surface area contributed by atoms with Gasteiger partial charge in [0.25, 0.3) is 5.91 Å². The summed E-state index contributed by atoms with van der Waals surface area (Å²) in [5.41, 5.74) is 1.73. The van der Waals surface area contributed by atoms with Gasteiger partial charge in [-0.3, -0.25) is 4.79 Å². The van der Waals surface area contributed by atoms with E-state index in [0.29, 0.717) is 18.2 Å². The highest BCUT2D eigenvalue weighted by Gasteiger charge is 2.20. The predicted octanol–water partition coefficient (Wildman–Crippen LogP) is 2.47. The monoisotopic (exact) mass is 291 g/mol. The summed E-state index contributed by atoms with van der Waals surface area (Å²) in [5.74, 6) is 0.381. The first kappa shape index (κ1) is 15.8. The Morgan fingerprint density at radius 1 is 1.57 bits per heavy atom. The van der Waals surface area contributed by atoms with Crippen LogP contribution >= 0.6 is 0 Å². The number of aromatic nitrogens is 1. The van der Waals surface area contributed by atoms with E-state index < -0.39 is 0 Å². The Kier molecular flexibility index (Phi) is 5.99. The predicted molar refractivity (Wildman–Crippen MR) is 82.0 cm³/mol. The van der Waals surface area contributed by atoms with Crippen molar-refractivity contribution in [1.82, 2.24) is 15.4 Å². The van der Waals surface area contributed by atoms with Gasteiger partial charge in [0.15, 0.2) is 5.69 Å². The first-order valence-corrected chi connectivity index (χ1v) is 7.69. The number of nitrogens with zero attached hydrogens (tertiary/aromatic N) is 2. The first-order chi connectivity index (χ1) is 10.1. The minimum Gasteiger partial charge on any atom is -0.364 e. The van der Waals surface area contributed by atoms with Crippen molar-refractivity contribution in [2.45, 2.75) is 33.1 Å². The van der Waals surface area contributed by atoms with Gasteiger partial charge in [-0.15, -0.1) is 0 Å². The van der Waals surface area contributed by atoms with Crippen molar-refractivity contribution in [3.63, 3.8) is 0 Å². The van der Waals surface area contributed by atoms with Crippen molar-refractivity contribution in [2.75, 3.05) is 26.2 Å². The van der Waals surface area contributed by atoms with Crippen LogP contribution in [0.4, 0.5) is 0 Å². The molecule has 5 nitrogen and oxygen atoms in total. The molecule has 2 rings (SSSR count). The summed E-state index contributed by atoms with van der Waals surface area (Å²) >= 11 is 0. The average molecular weight is 291 g/mol. The van der Waals surface area contributed by atoms with Crippen LogP contribution in [-0.4, -0.2) is 42.1 Å². The number of piperidine rings is 1. The molecule has 1 aliphatic rings. The van der Waals surface area contributed by atoms with Crippen molar-refractivity contribution in [3.8, 4) is 0 Å². The van der Waals surface area contributed by atoms with Crippen molar-refractivity contribution in [2.24, 2.45) is 5.92 Å². The lowest BCUT2D eigenvalue weighted by Gasteiger charge is -2.32. The zero-order chi connectivity index (χ0) is 15.1. The fourth-order valence-corrected chi connectivity index (χ4v) is 2.71. The smallest absolute Gasteiger partial charge is 0.273 e. The molecule has 2 heterocycles. The van der Waals surface area contributed by atoms with Gasteiger partial charge in [-0.05, 0) is 45.6 Å². The quantitative estimate of drug-likeness (QED) is 0.818. The van der Waals surface area contributed by atoms with Gasteiger partial charge in [0, 0.05) is 25.7 Å². The SMILES string of the molecule is CC(C)=CCCN1CCCC(CNC(=O)c2ccon2)C1. The maximum absolute atomic E-state index is 11.8. The number of carbonyl (C=O) groups is 1. The number of allylic oxidation sites excluding steroid dienone is 1. The lowest BCUT2D eigenvalue weighted by Crippen LogP contribution is -2.41. The molecule has 1 atom stereocenters. The van der Waals surface area contributed by atoms with Crippen LogP contribution < -0.4 is 5.32 Å². The van der Waals surface area contributed by atoms with Gasteiger partial charge < -0.3 is 14.7 Å². The summed E-state index contributed by atoms with van der Waals surface area (Å²) in [6, 6.07) is 1.59. The maximum atomic E-state index is 11.8. The maximum Gasteiger partial charge on any atom is 0.273 e. The zero-order valence-electron chi connectivity index (χ0n) is 13.0. The largest absolute Gasteiger partial charge is 0.364 e. The van der Waals surface area contributed by atoms with Crippen LogP contribution in [0.25, 0.3) is 0 Å². The lowest BCUT2D eigenvalue weighted by molar-refractivity contribution is 0.0924. The summed E-state index contributed by atoms with van der Waals surface area (Å²) in [5, 5.41) is 6.60. The molecule has 21 heavy (non-hydrogen) atoms. The molecule has 0 aliphatic carbocycles. The fourth-order valence-electron chi connectivity index (χ4n) is 2.71. The Balaban J connectivity index is 1.71. The molecule has 0 saturated carbocycles. The van der Waals surface area contributed by atoms with Crippen molar-refractivity contribution in [3.05, 3.63) is 29.7 Å². The second-order valence-electron chi connectivity index (χ2n) is 5.97. The van der Waals surface area contributed by atoms with E-state index in [0.717, 1.165) is 19.5 Å². The number of carbonyl (C=O) groups excluding carboxylic acids is 1. The number of amides is 1. The standard InChI is InChI=1S/C16H25N3O2/c1-13(2)5-3-8-19-9-4-6-14(12-19)11-17-16(20)15-7-10-21-18-15/h5,7,10,14H,3-4,6,8-9,11-12H2,1-2H3,(H,17,20). The normalized spacial score (nSPS) is 19.2. The van der Waals surface area contributed by atoms with E-state index in [1.807, 2.05) is 0 Å². The van der Waals surface area contributed by atoms with Crippen molar-refractivity contribution in [1.29, 1.82) is 0 Å². The lowest BCUT2D eigenvalue weighted by atomic mass is 9.97. The van der Waals surface area contributed by atoms with Crippen LogP contribution in [0, 0.1) is 5.92 Å². The topological polar surface area (TPSA) is 58.4 Å². The molecule has 1 fully saturated rings. The third kappa shape index (κ3) is 5.34. The number of rotatable bonds is 6. The van der Waals surface area contributed by atoms with Crippen LogP contribution in [0.15, 0.2) is 28.5 Å². The summed E-state index contributed by atoms with van der Waals surface area (Å²) in [6.07, 6.45) is 7.20. The van der Waals surface area contributed by atoms with Crippen molar-refractivity contribution < 1.29 is 9.32 Å². The van der Waals surface area contributed by atoms with E-state index in [4.69, 9.17) is 0 Å². The molecule has 1 aromatic rings. The molecule has 1 aromatic heterocycles. The number of hydrogen-bond acceptors (Lipinski definition) is 4. The summed E-state index contributed by atoms with van der Waals surface area (Å²) in [6.45, 7) is 8.33. The number of likely N-dealkylation sites (tertiary alicyclic amines) is 1. The van der Waals surface area contributed by atoms with Gasteiger partial charge in [-0.2, -0.15) is 0 Å². The van der Waals surface area contributed by atoms with Gasteiger partial charge in [-0.1, -0.05) is 16.8 Å². The molecule has 1 N–H and O–H groups in total. The van der Waals surface area contributed by atoms with E-state index in [-0.39, 0.29) is 5.91 Å². The third-order valence-electron chi connectivity index (χ3n) is 3.82. The Morgan fingerprint density at radius 2 is 2.43 bits per heavy atom. The molecule has 1 amide bonds. The van der Waals surface area contributed by atoms with Gasteiger partial charge in [0.1, 0.15) is 6.26 Å². The molecule has 0 spiro atoms. The summed E-state index contributed by atoms with van der Waals surface area (Å²) < 4.78 is 4.68. The highest BCUT2D eigenvalue weighted by Crippen LogP contribution is 2.16. The Bertz CT molecular complexity index is 464. The number of hydrogen-bond donors (Lipinski definition) is 1. The van der Waals surface area contributed by atoms with Gasteiger partial charge in [0.2, 0.25) is 0 Å². The summed E-state index contributed by atoms with van der Waals surface area (Å²) in [7, 11) is 0. The van der Waals surface area contributed by atoms with Crippen LogP contribution in [0.1, 0.15) is 43.6 Å². The van der Waals surface area contributed by atoms with E-state index in [2.05, 4.69) is 39.8 Å². The second kappa shape index (κ2) is 7.98. The highest BCUT2D eigenvalue weighted by molar-refractivity contribution is 5.91. The first-order valence-electron chi connectivity index (χ1n) is 7.69. The molecule has 5 heteroatoms. The zero-order valence-corrected chi connectivity index (χ0v) is 13.0. The number of nitrogens with one attached hydrogen (secondary N) is 1. The molecule has 1 unspecified atom stereocenters. The summed E-state index contributed by atoms with van der Waals surface area (Å²) in [4.78, 5) is 14.3. The van der Waals surface area contributed by atoms with Crippen LogP contribution in [0.3, 0.4) is 0 Å². The molecular weight excluding hydrogens is 266 g/mol. The Labute approximate surface area is 126 Å². The Hall–Kier alpha value is -1.62. The van der Waals surface area contributed by atoms with E-state index in [9.17, 15) is 4.79 Å². The molecule has 116 valence electrons. The fraction of sp³-hybridized carbons (Fsp3) is 0.625. The molecular formula is C16H25N3O2. The molecule has 0 aromatic carbocycles. The van der Waals surface area contributed by atoms with Gasteiger partial charge >= 0.3 is 0 Å². The minimum atomic E-state index is -0.148. The van der Waals surface area contributed by atoms with Crippen LogP contribution in [0.5, 0.6) is 0 Å². The molecule has 1 saturated heterocycles. The van der Waals surface area contributed by atoms with E-state index in [1.165, 1.54) is 31.2 Å². The molecule has 0 bridgehead atoms. The molecule has 1 aliphatic heterocycles. The minimum absolute atomic E-state index is 0.148. The van der Waals surface area contributed by atoms with E-state index in [1.54, 1.807) is 6.07 Å². The van der Waals surface area contributed by atoms with Gasteiger partial charge in [0.05, 0.1) is 0 Å². The van der Waals surface area contributed by atoms with Crippen LogP contribution in [-0.2, 0) is 0 Å². The average Bonchev–Trinajstić information content (AvgIpc) is 2.99. The second-order valence-corrected chi connectivity index (χ2v) is 5.97. The van der Waals surface area contributed by atoms with Crippen molar-refractivity contribution >= 4 is 5.91 Å². The third-order valence-corrected chi connectivity index (χ3v) is 3.82. The Morgan fingerprint density at radius 3 is 3.14 bits per heavy atom. The van der Waals surface area contributed by atoms with Gasteiger partial charge in [-0.25, -0.2) is 0 Å².